The van der Waals surface area contributed by atoms with Crippen LogP contribution < -0.4 is 16.1 Å². The van der Waals surface area contributed by atoms with E-state index in [-0.39, 0.29) is 5.96 Å². The number of benzene rings is 1. The van der Waals surface area contributed by atoms with Crippen LogP contribution in [-0.2, 0) is 0 Å². The molecule has 0 bridgehead atoms. The smallest absolute Gasteiger partial charge is 0.206 e. The van der Waals surface area contributed by atoms with E-state index in [1.165, 1.54) is 0 Å². The van der Waals surface area contributed by atoms with Crippen LogP contribution in [0.5, 0.6) is 0 Å². The molecule has 1 aromatic carbocycles. The second-order valence-corrected chi connectivity index (χ2v) is 2.95. The SMILES string of the molecule is NC(N)=Nc1ccc(-[n+]2ccn[nH]2)cc1. The molecular formula is C9H11N6+. The fourth-order valence-electron chi connectivity index (χ4n) is 1.21. The Kier molecular flexibility index (Phi) is 2.32. The summed E-state index contributed by atoms with van der Waals surface area (Å²) in [5.74, 6) is 0.0527. The van der Waals surface area contributed by atoms with E-state index in [4.69, 9.17) is 11.5 Å². The number of rotatable bonds is 2. The number of nitrogens with one attached hydrogen (secondary N) is 1. The van der Waals surface area contributed by atoms with Crippen LogP contribution in [0.15, 0.2) is 41.7 Å². The van der Waals surface area contributed by atoms with Gasteiger partial charge in [-0.1, -0.05) is 5.21 Å². The zero-order valence-corrected chi connectivity index (χ0v) is 7.96. The minimum atomic E-state index is 0.0527. The summed E-state index contributed by atoms with van der Waals surface area (Å²) in [6.45, 7) is 0. The van der Waals surface area contributed by atoms with Gasteiger partial charge in [-0.15, -0.1) is 4.68 Å². The lowest BCUT2D eigenvalue weighted by Crippen LogP contribution is -2.31. The molecule has 0 aliphatic carbocycles. The van der Waals surface area contributed by atoms with Crippen LogP contribution in [0.4, 0.5) is 5.69 Å². The topological polar surface area (TPSA) is 97.0 Å². The number of hydrogen-bond donors (Lipinski definition) is 3. The van der Waals surface area contributed by atoms with Gasteiger partial charge < -0.3 is 11.5 Å². The zero-order valence-electron chi connectivity index (χ0n) is 7.96. The highest BCUT2D eigenvalue weighted by Crippen LogP contribution is 2.11. The summed E-state index contributed by atoms with van der Waals surface area (Å²) in [7, 11) is 0. The zero-order chi connectivity index (χ0) is 10.7. The van der Waals surface area contributed by atoms with Gasteiger partial charge in [-0.3, -0.25) is 0 Å². The summed E-state index contributed by atoms with van der Waals surface area (Å²) in [6, 6.07) is 7.42. The van der Waals surface area contributed by atoms with Crippen LogP contribution in [-0.4, -0.2) is 16.3 Å². The van der Waals surface area contributed by atoms with E-state index in [9.17, 15) is 0 Å². The highest BCUT2D eigenvalue weighted by molar-refractivity contribution is 5.78. The fraction of sp³-hybridized carbons (Fsp3) is 0. The van der Waals surface area contributed by atoms with Crippen LogP contribution in [0.25, 0.3) is 5.69 Å². The highest BCUT2D eigenvalue weighted by atomic mass is 15.4. The Morgan fingerprint density at radius 2 is 2.00 bits per heavy atom. The predicted molar refractivity (Wildman–Crippen MR) is 55.6 cm³/mol. The van der Waals surface area contributed by atoms with Crippen LogP contribution in [0.1, 0.15) is 0 Å². The van der Waals surface area contributed by atoms with Gasteiger partial charge in [0.2, 0.25) is 6.20 Å². The Balaban J connectivity index is 2.29. The monoisotopic (exact) mass is 203 g/mol. The first-order chi connectivity index (χ1) is 7.25. The van der Waals surface area contributed by atoms with Gasteiger partial charge in [0, 0.05) is 5.10 Å². The lowest BCUT2D eigenvalue weighted by atomic mass is 10.3. The van der Waals surface area contributed by atoms with Crippen molar-refractivity contribution in [1.82, 2.24) is 10.3 Å². The number of hydrogen-bond acceptors (Lipinski definition) is 2. The second-order valence-electron chi connectivity index (χ2n) is 2.95. The third-order valence-corrected chi connectivity index (χ3v) is 1.84. The molecule has 2 rings (SSSR count). The fourth-order valence-corrected chi connectivity index (χ4v) is 1.21. The summed E-state index contributed by atoms with van der Waals surface area (Å²) < 4.78 is 1.78. The summed E-state index contributed by atoms with van der Waals surface area (Å²) in [4.78, 5) is 3.92. The van der Waals surface area contributed by atoms with E-state index in [1.807, 2.05) is 30.5 Å². The molecule has 76 valence electrons. The van der Waals surface area contributed by atoms with Gasteiger partial charge in [0.1, 0.15) is 0 Å². The van der Waals surface area contributed by atoms with E-state index in [1.54, 1.807) is 10.9 Å². The number of nitrogens with two attached hydrogens (primary N) is 2. The number of nitrogens with zero attached hydrogens (tertiary/aromatic N) is 3. The molecule has 0 spiro atoms. The van der Waals surface area contributed by atoms with Crippen molar-refractivity contribution in [1.29, 1.82) is 0 Å². The molecule has 0 radical (unpaired) electrons. The number of aliphatic imine (C=N–C) groups is 1. The Bertz CT molecular complexity index is 452. The molecule has 0 aliphatic rings. The van der Waals surface area contributed by atoms with Crippen LogP contribution in [0.3, 0.4) is 0 Å². The molecule has 0 saturated carbocycles. The van der Waals surface area contributed by atoms with Gasteiger partial charge in [-0.25, -0.2) is 4.99 Å². The van der Waals surface area contributed by atoms with Crippen molar-refractivity contribution in [3.05, 3.63) is 36.7 Å². The summed E-state index contributed by atoms with van der Waals surface area (Å²) in [6.07, 6.45) is 3.49. The van der Waals surface area contributed by atoms with Gasteiger partial charge >= 0.3 is 0 Å². The quantitative estimate of drug-likeness (QED) is 0.351. The number of H-pyrrole nitrogens is 1. The van der Waals surface area contributed by atoms with E-state index in [0.717, 1.165) is 11.4 Å². The minimum absolute atomic E-state index is 0.0527. The molecule has 15 heavy (non-hydrogen) atoms. The van der Waals surface area contributed by atoms with Crippen LogP contribution >= 0.6 is 0 Å². The Hall–Kier alpha value is -2.37. The number of aromatic nitrogens is 3. The Morgan fingerprint density at radius 1 is 1.27 bits per heavy atom. The summed E-state index contributed by atoms with van der Waals surface area (Å²) >= 11 is 0. The Labute approximate surface area is 86.2 Å². The average Bonchev–Trinajstić information content (AvgIpc) is 2.71. The predicted octanol–water partition coefficient (Wildman–Crippen LogP) is -0.409. The van der Waals surface area contributed by atoms with Crippen LogP contribution in [0, 0.1) is 0 Å². The molecule has 0 unspecified atom stereocenters. The van der Waals surface area contributed by atoms with Crippen molar-refractivity contribution in [3.8, 4) is 5.69 Å². The van der Waals surface area contributed by atoms with Gasteiger partial charge in [0.05, 0.1) is 5.69 Å². The van der Waals surface area contributed by atoms with Gasteiger partial charge in [0.15, 0.2) is 17.8 Å². The van der Waals surface area contributed by atoms with Crippen molar-refractivity contribution >= 4 is 11.6 Å². The molecule has 1 heterocycles. The van der Waals surface area contributed by atoms with Crippen LogP contribution in [0.2, 0.25) is 0 Å². The first-order valence-electron chi connectivity index (χ1n) is 4.37. The second kappa shape index (κ2) is 3.79. The maximum atomic E-state index is 5.26. The third kappa shape index (κ3) is 2.11. The van der Waals surface area contributed by atoms with E-state index in [0.29, 0.717) is 0 Å². The number of aromatic amines is 1. The largest absolute Gasteiger partial charge is 0.370 e. The molecule has 0 aliphatic heterocycles. The summed E-state index contributed by atoms with van der Waals surface area (Å²) in [5.41, 5.74) is 12.2. The molecule has 1 aromatic heterocycles. The van der Waals surface area contributed by atoms with E-state index < -0.39 is 0 Å². The standard InChI is InChI=1S/C9H10N6/c10-9(11)13-7-1-3-8(4-2-7)15-6-5-12-14-15/h1-6H,(H4,10,11,13)/p+1. The summed E-state index contributed by atoms with van der Waals surface area (Å²) in [5, 5.41) is 6.63. The van der Waals surface area contributed by atoms with Crippen molar-refractivity contribution in [2.45, 2.75) is 0 Å². The molecule has 6 heteroatoms. The maximum Gasteiger partial charge on any atom is 0.206 e. The van der Waals surface area contributed by atoms with Crippen molar-refractivity contribution in [3.63, 3.8) is 0 Å². The molecule has 0 amide bonds. The van der Waals surface area contributed by atoms with Gasteiger partial charge in [0.25, 0.3) is 0 Å². The maximum absolute atomic E-state index is 5.26. The highest BCUT2D eigenvalue weighted by Gasteiger charge is 2.02. The molecule has 0 fully saturated rings. The molecule has 0 saturated heterocycles. The molecule has 6 nitrogen and oxygen atoms in total. The van der Waals surface area contributed by atoms with Crippen molar-refractivity contribution in [2.75, 3.05) is 0 Å². The average molecular weight is 203 g/mol. The lowest BCUT2D eigenvalue weighted by Gasteiger charge is -1.96. The molecule has 5 N–H and O–H groups in total. The minimum Gasteiger partial charge on any atom is -0.370 e. The van der Waals surface area contributed by atoms with E-state index >= 15 is 0 Å². The normalized spacial score (nSPS) is 9.87. The van der Waals surface area contributed by atoms with E-state index in [2.05, 4.69) is 15.3 Å². The first kappa shape index (κ1) is 9.20. The lowest BCUT2D eigenvalue weighted by molar-refractivity contribution is -0.659. The third-order valence-electron chi connectivity index (χ3n) is 1.84. The number of guanidine groups is 1. The molecular weight excluding hydrogens is 192 g/mol. The molecule has 0 atom stereocenters. The Morgan fingerprint density at radius 3 is 2.53 bits per heavy atom. The van der Waals surface area contributed by atoms with Crippen molar-refractivity contribution < 1.29 is 4.68 Å². The molecule has 2 aromatic rings. The first-order valence-corrected chi connectivity index (χ1v) is 4.37. The van der Waals surface area contributed by atoms with Crippen molar-refractivity contribution in [2.24, 2.45) is 16.5 Å². The van der Waals surface area contributed by atoms with Gasteiger partial charge in [-0.2, -0.15) is 0 Å². The van der Waals surface area contributed by atoms with Gasteiger partial charge in [-0.05, 0) is 24.3 Å².